The summed E-state index contributed by atoms with van der Waals surface area (Å²) in [5, 5.41) is 10.3. The molecule has 0 aromatic heterocycles. The van der Waals surface area contributed by atoms with Crippen molar-refractivity contribution < 1.29 is 18.1 Å². The van der Waals surface area contributed by atoms with E-state index < -0.39 is 22.4 Å². The lowest BCUT2D eigenvalue weighted by Gasteiger charge is -2.10. The zero-order valence-corrected chi connectivity index (χ0v) is 7.84. The molecule has 0 heterocycles. The molecule has 0 spiro atoms. The SMILES string of the molecule is CCc1ccc([N+](=O)[O-])cc1C(F)(F)F. The first-order valence-electron chi connectivity index (χ1n) is 4.20. The molecular weight excluding hydrogens is 211 g/mol. The van der Waals surface area contributed by atoms with Crippen LogP contribution in [0.2, 0.25) is 0 Å². The fraction of sp³-hybridized carbons (Fsp3) is 0.333. The Hall–Kier alpha value is -1.59. The molecule has 0 bridgehead atoms. The Bertz CT molecular complexity index is 387. The maximum atomic E-state index is 12.5. The molecular formula is C9H8F3NO2. The number of rotatable bonds is 2. The summed E-state index contributed by atoms with van der Waals surface area (Å²) in [4.78, 5) is 9.48. The van der Waals surface area contributed by atoms with Crippen molar-refractivity contribution in [3.8, 4) is 0 Å². The number of non-ortho nitro benzene ring substituents is 1. The number of halogens is 3. The van der Waals surface area contributed by atoms with E-state index in [1.54, 1.807) is 6.92 Å². The summed E-state index contributed by atoms with van der Waals surface area (Å²) in [7, 11) is 0. The average Bonchev–Trinajstić information content (AvgIpc) is 2.15. The number of nitro benzene ring substituents is 1. The van der Waals surface area contributed by atoms with Gasteiger partial charge in [-0.05, 0) is 12.0 Å². The Balaban J connectivity index is 3.32. The van der Waals surface area contributed by atoms with Crippen LogP contribution in [-0.2, 0) is 12.6 Å². The summed E-state index contributed by atoms with van der Waals surface area (Å²) in [6.45, 7) is 1.57. The van der Waals surface area contributed by atoms with Crippen LogP contribution in [0.1, 0.15) is 18.1 Å². The van der Waals surface area contributed by atoms with E-state index in [-0.39, 0.29) is 12.0 Å². The first-order chi connectivity index (χ1) is 6.86. The van der Waals surface area contributed by atoms with Gasteiger partial charge in [0.1, 0.15) is 0 Å². The summed E-state index contributed by atoms with van der Waals surface area (Å²) in [5.74, 6) is 0. The van der Waals surface area contributed by atoms with Gasteiger partial charge >= 0.3 is 6.18 Å². The largest absolute Gasteiger partial charge is 0.416 e. The third kappa shape index (κ3) is 2.45. The molecule has 1 aromatic rings. The van der Waals surface area contributed by atoms with Gasteiger partial charge in [0.25, 0.3) is 5.69 Å². The van der Waals surface area contributed by atoms with Crippen LogP contribution in [-0.4, -0.2) is 4.92 Å². The number of hydrogen-bond acceptors (Lipinski definition) is 2. The normalized spacial score (nSPS) is 11.5. The Morgan fingerprint density at radius 1 is 1.40 bits per heavy atom. The molecule has 15 heavy (non-hydrogen) atoms. The molecule has 0 saturated heterocycles. The molecule has 0 aliphatic rings. The lowest BCUT2D eigenvalue weighted by molar-refractivity contribution is -0.385. The van der Waals surface area contributed by atoms with Gasteiger partial charge in [0.05, 0.1) is 10.5 Å². The molecule has 1 aromatic carbocycles. The Morgan fingerprint density at radius 2 is 2.00 bits per heavy atom. The van der Waals surface area contributed by atoms with Crippen LogP contribution < -0.4 is 0 Å². The molecule has 0 atom stereocenters. The number of aryl methyl sites for hydroxylation is 1. The second-order valence-corrected chi connectivity index (χ2v) is 2.95. The van der Waals surface area contributed by atoms with Crippen molar-refractivity contribution in [1.82, 2.24) is 0 Å². The third-order valence-electron chi connectivity index (χ3n) is 1.99. The van der Waals surface area contributed by atoms with E-state index in [4.69, 9.17) is 0 Å². The van der Waals surface area contributed by atoms with Crippen LogP contribution in [0.15, 0.2) is 18.2 Å². The average molecular weight is 219 g/mol. The number of hydrogen-bond donors (Lipinski definition) is 0. The molecule has 0 amide bonds. The maximum Gasteiger partial charge on any atom is 0.416 e. The van der Waals surface area contributed by atoms with Crippen molar-refractivity contribution in [2.75, 3.05) is 0 Å². The van der Waals surface area contributed by atoms with E-state index in [9.17, 15) is 23.3 Å². The molecule has 0 unspecified atom stereocenters. The van der Waals surface area contributed by atoms with Crippen LogP contribution in [0.3, 0.4) is 0 Å². The fourth-order valence-corrected chi connectivity index (χ4v) is 1.25. The highest BCUT2D eigenvalue weighted by Crippen LogP contribution is 2.34. The third-order valence-corrected chi connectivity index (χ3v) is 1.99. The van der Waals surface area contributed by atoms with Gasteiger partial charge in [-0.3, -0.25) is 10.1 Å². The van der Waals surface area contributed by atoms with E-state index in [1.807, 2.05) is 0 Å². The lowest BCUT2D eigenvalue weighted by atomic mass is 10.0. The van der Waals surface area contributed by atoms with Gasteiger partial charge in [0.15, 0.2) is 0 Å². The van der Waals surface area contributed by atoms with E-state index in [2.05, 4.69) is 0 Å². The molecule has 0 N–H and O–H groups in total. The minimum absolute atomic E-state index is 0.0631. The molecule has 0 aliphatic heterocycles. The van der Waals surface area contributed by atoms with Crippen LogP contribution >= 0.6 is 0 Å². The van der Waals surface area contributed by atoms with Crippen molar-refractivity contribution in [3.63, 3.8) is 0 Å². The molecule has 82 valence electrons. The van der Waals surface area contributed by atoms with Crippen LogP contribution in [0, 0.1) is 10.1 Å². The van der Waals surface area contributed by atoms with Gasteiger partial charge in [-0.2, -0.15) is 13.2 Å². The monoisotopic (exact) mass is 219 g/mol. The smallest absolute Gasteiger partial charge is 0.258 e. The molecule has 6 heteroatoms. The minimum Gasteiger partial charge on any atom is -0.258 e. The van der Waals surface area contributed by atoms with E-state index in [0.717, 1.165) is 12.1 Å². The number of nitro groups is 1. The highest BCUT2D eigenvalue weighted by Gasteiger charge is 2.34. The first-order valence-corrected chi connectivity index (χ1v) is 4.20. The topological polar surface area (TPSA) is 43.1 Å². The quantitative estimate of drug-likeness (QED) is 0.566. The van der Waals surface area contributed by atoms with Crippen LogP contribution in [0.4, 0.5) is 18.9 Å². The van der Waals surface area contributed by atoms with Gasteiger partial charge in [0.2, 0.25) is 0 Å². The zero-order chi connectivity index (χ0) is 11.6. The summed E-state index contributed by atoms with van der Waals surface area (Å²) in [6, 6.07) is 2.79. The Kier molecular flexibility index (Phi) is 2.97. The summed E-state index contributed by atoms with van der Waals surface area (Å²) < 4.78 is 37.4. The minimum atomic E-state index is -4.54. The standard InChI is InChI=1S/C9H8F3NO2/c1-2-6-3-4-7(13(14)15)5-8(6)9(10,11)12/h3-5H,2H2,1H3. The highest BCUT2D eigenvalue weighted by molar-refractivity contribution is 5.41. The predicted molar refractivity (Wildman–Crippen MR) is 47.5 cm³/mol. The zero-order valence-electron chi connectivity index (χ0n) is 7.84. The van der Waals surface area contributed by atoms with Crippen molar-refractivity contribution in [1.29, 1.82) is 0 Å². The molecule has 0 fully saturated rings. The van der Waals surface area contributed by atoms with Crippen molar-refractivity contribution in [2.45, 2.75) is 19.5 Å². The number of alkyl halides is 3. The lowest BCUT2D eigenvalue weighted by Crippen LogP contribution is -2.09. The van der Waals surface area contributed by atoms with Gasteiger partial charge in [0, 0.05) is 12.1 Å². The fourth-order valence-electron chi connectivity index (χ4n) is 1.25. The number of benzene rings is 1. The molecule has 1 rings (SSSR count). The van der Waals surface area contributed by atoms with E-state index in [1.165, 1.54) is 0 Å². The van der Waals surface area contributed by atoms with Gasteiger partial charge < -0.3 is 0 Å². The molecule has 3 nitrogen and oxygen atoms in total. The van der Waals surface area contributed by atoms with Crippen LogP contribution in [0.25, 0.3) is 0 Å². The number of nitrogens with zero attached hydrogens (tertiary/aromatic N) is 1. The Morgan fingerprint density at radius 3 is 2.40 bits per heavy atom. The summed E-state index contributed by atoms with van der Waals surface area (Å²) in [6.07, 6.45) is -4.36. The predicted octanol–water partition coefficient (Wildman–Crippen LogP) is 3.18. The van der Waals surface area contributed by atoms with Gasteiger partial charge in [-0.15, -0.1) is 0 Å². The maximum absolute atomic E-state index is 12.5. The molecule has 0 aliphatic carbocycles. The van der Waals surface area contributed by atoms with Gasteiger partial charge in [-0.25, -0.2) is 0 Å². The second kappa shape index (κ2) is 3.88. The van der Waals surface area contributed by atoms with Crippen molar-refractivity contribution in [3.05, 3.63) is 39.4 Å². The van der Waals surface area contributed by atoms with Gasteiger partial charge in [-0.1, -0.05) is 13.0 Å². The highest BCUT2D eigenvalue weighted by atomic mass is 19.4. The second-order valence-electron chi connectivity index (χ2n) is 2.95. The van der Waals surface area contributed by atoms with Crippen molar-refractivity contribution >= 4 is 5.69 Å². The first kappa shape index (κ1) is 11.5. The van der Waals surface area contributed by atoms with Crippen LogP contribution in [0.5, 0.6) is 0 Å². The molecule has 0 saturated carbocycles. The Labute approximate surface area is 83.7 Å². The molecule has 0 radical (unpaired) electrons. The van der Waals surface area contributed by atoms with E-state index >= 15 is 0 Å². The van der Waals surface area contributed by atoms with Crippen molar-refractivity contribution in [2.24, 2.45) is 0 Å². The summed E-state index contributed by atoms with van der Waals surface area (Å²) >= 11 is 0. The van der Waals surface area contributed by atoms with E-state index in [0.29, 0.717) is 6.07 Å². The summed E-state index contributed by atoms with van der Waals surface area (Å²) in [5.41, 5.74) is -1.41.